The maximum Gasteiger partial charge on any atom is 0.0574 e. The molecule has 108 valence electrons. The van der Waals surface area contributed by atoms with Crippen LogP contribution in [0.15, 0.2) is 18.3 Å². The molecule has 3 nitrogen and oxygen atoms in total. The fraction of sp³-hybridized carbons (Fsp3) is 0.688. The Labute approximate surface area is 118 Å². The van der Waals surface area contributed by atoms with Gasteiger partial charge in [0.25, 0.3) is 0 Å². The zero-order chi connectivity index (χ0) is 14.3. The van der Waals surface area contributed by atoms with E-state index in [2.05, 4.69) is 62.1 Å². The Morgan fingerprint density at radius 3 is 2.47 bits per heavy atom. The van der Waals surface area contributed by atoms with Crippen LogP contribution in [0.3, 0.4) is 0 Å². The molecule has 1 N–H and O–H groups in total. The third-order valence-electron chi connectivity index (χ3n) is 3.26. The largest absolute Gasteiger partial charge is 0.373 e. The normalized spacial score (nSPS) is 12.7. The molecule has 0 radical (unpaired) electrons. The summed E-state index contributed by atoms with van der Waals surface area (Å²) in [5.41, 5.74) is 2.35. The maximum atomic E-state index is 4.63. The van der Waals surface area contributed by atoms with Gasteiger partial charge in [-0.3, -0.25) is 4.98 Å². The number of nitrogens with zero attached hydrogens (tertiary/aromatic N) is 2. The van der Waals surface area contributed by atoms with Crippen LogP contribution in [0.25, 0.3) is 0 Å². The van der Waals surface area contributed by atoms with E-state index in [9.17, 15) is 0 Å². The van der Waals surface area contributed by atoms with Crippen LogP contribution < -0.4 is 10.2 Å². The highest BCUT2D eigenvalue weighted by atomic mass is 15.1. The molecule has 1 aromatic heterocycles. The summed E-state index contributed by atoms with van der Waals surface area (Å²) in [4.78, 5) is 6.89. The lowest BCUT2D eigenvalue weighted by atomic mass is 10.1. The first-order chi connectivity index (χ1) is 9.08. The maximum absolute atomic E-state index is 4.63. The first-order valence-electron chi connectivity index (χ1n) is 7.48. The Kier molecular flexibility index (Phi) is 6.85. The molecule has 0 fully saturated rings. The van der Waals surface area contributed by atoms with Gasteiger partial charge in [0.1, 0.15) is 0 Å². The van der Waals surface area contributed by atoms with Crippen molar-refractivity contribution in [2.75, 3.05) is 25.0 Å². The molecule has 19 heavy (non-hydrogen) atoms. The monoisotopic (exact) mass is 263 g/mol. The van der Waals surface area contributed by atoms with Crippen molar-refractivity contribution in [1.29, 1.82) is 0 Å². The molecule has 1 rings (SSSR count). The summed E-state index contributed by atoms with van der Waals surface area (Å²) in [5, 5.41) is 3.54. The molecule has 0 aliphatic heterocycles. The van der Waals surface area contributed by atoms with Gasteiger partial charge in [-0.15, -0.1) is 0 Å². The van der Waals surface area contributed by atoms with Gasteiger partial charge < -0.3 is 10.2 Å². The molecule has 0 aliphatic carbocycles. The molecular weight excluding hydrogens is 234 g/mol. The fourth-order valence-corrected chi connectivity index (χ4v) is 2.26. The van der Waals surface area contributed by atoms with Gasteiger partial charge in [0, 0.05) is 19.6 Å². The van der Waals surface area contributed by atoms with E-state index >= 15 is 0 Å². The molecule has 0 aromatic carbocycles. The van der Waals surface area contributed by atoms with E-state index in [4.69, 9.17) is 0 Å². The van der Waals surface area contributed by atoms with Crippen molar-refractivity contribution in [2.45, 2.75) is 46.6 Å². The molecule has 1 aromatic rings. The Morgan fingerprint density at radius 1 is 1.26 bits per heavy atom. The Hall–Kier alpha value is -1.09. The quantitative estimate of drug-likeness (QED) is 0.776. The minimum Gasteiger partial charge on any atom is -0.373 e. The Balaban J connectivity index is 2.68. The van der Waals surface area contributed by atoms with Crippen molar-refractivity contribution in [3.63, 3.8) is 0 Å². The van der Waals surface area contributed by atoms with Crippen LogP contribution in [0.4, 0.5) is 5.69 Å². The summed E-state index contributed by atoms with van der Waals surface area (Å²) in [6.07, 6.45) is 4.23. The highest BCUT2D eigenvalue weighted by molar-refractivity contribution is 5.43. The topological polar surface area (TPSA) is 28.2 Å². The van der Waals surface area contributed by atoms with Crippen molar-refractivity contribution in [1.82, 2.24) is 10.3 Å². The summed E-state index contributed by atoms with van der Waals surface area (Å²) < 4.78 is 0. The number of hydrogen-bond acceptors (Lipinski definition) is 3. The molecule has 0 saturated carbocycles. The molecule has 1 heterocycles. The summed E-state index contributed by atoms with van der Waals surface area (Å²) in [7, 11) is 2.13. The van der Waals surface area contributed by atoms with Crippen molar-refractivity contribution in [3.05, 3.63) is 24.0 Å². The number of pyridine rings is 1. The third-order valence-corrected chi connectivity index (χ3v) is 3.26. The van der Waals surface area contributed by atoms with E-state index in [1.54, 1.807) is 0 Å². The van der Waals surface area contributed by atoms with Gasteiger partial charge >= 0.3 is 0 Å². The number of aromatic nitrogens is 1. The summed E-state index contributed by atoms with van der Waals surface area (Å²) in [6, 6.07) is 4.72. The number of rotatable bonds is 8. The second-order valence-electron chi connectivity index (χ2n) is 5.63. The Bertz CT molecular complexity index is 346. The SMILES string of the molecule is CCCNC(CC)c1ccc(N(C)CC(C)C)cn1. The highest BCUT2D eigenvalue weighted by Gasteiger charge is 2.10. The molecule has 1 unspecified atom stereocenters. The number of hydrogen-bond donors (Lipinski definition) is 1. The summed E-state index contributed by atoms with van der Waals surface area (Å²) >= 11 is 0. The van der Waals surface area contributed by atoms with Gasteiger partial charge in [0.05, 0.1) is 17.6 Å². The molecule has 0 amide bonds. The zero-order valence-electron chi connectivity index (χ0n) is 13.1. The van der Waals surface area contributed by atoms with E-state index in [1.165, 1.54) is 5.69 Å². The first kappa shape index (κ1) is 16.0. The standard InChI is InChI=1S/C16H29N3/c1-6-10-17-15(7-2)16-9-8-14(11-18-16)19(5)12-13(3)4/h8-9,11,13,15,17H,6-7,10,12H2,1-5H3. The van der Waals surface area contributed by atoms with Gasteiger partial charge in [0.15, 0.2) is 0 Å². The van der Waals surface area contributed by atoms with Crippen molar-refractivity contribution in [3.8, 4) is 0 Å². The second kappa shape index (κ2) is 8.16. The second-order valence-corrected chi connectivity index (χ2v) is 5.63. The van der Waals surface area contributed by atoms with Gasteiger partial charge in [-0.1, -0.05) is 27.7 Å². The number of anilines is 1. The summed E-state index contributed by atoms with van der Waals surface area (Å²) in [6.45, 7) is 11.0. The highest BCUT2D eigenvalue weighted by Crippen LogP contribution is 2.18. The van der Waals surface area contributed by atoms with Crippen molar-refractivity contribution < 1.29 is 0 Å². The molecule has 0 aliphatic rings. The van der Waals surface area contributed by atoms with Crippen LogP contribution in [0.1, 0.15) is 52.3 Å². The van der Waals surface area contributed by atoms with Crippen LogP contribution in [-0.4, -0.2) is 25.1 Å². The minimum absolute atomic E-state index is 0.379. The van der Waals surface area contributed by atoms with Crippen LogP contribution in [0.2, 0.25) is 0 Å². The molecule has 0 bridgehead atoms. The van der Waals surface area contributed by atoms with Crippen molar-refractivity contribution in [2.24, 2.45) is 5.92 Å². The molecule has 3 heteroatoms. The predicted octanol–water partition coefficient (Wildman–Crippen LogP) is 3.62. The molecule has 0 spiro atoms. The lowest BCUT2D eigenvalue weighted by molar-refractivity contribution is 0.507. The van der Waals surface area contributed by atoms with E-state index in [1.807, 2.05) is 6.20 Å². The van der Waals surface area contributed by atoms with Gasteiger partial charge in [-0.2, -0.15) is 0 Å². The van der Waals surface area contributed by atoms with Gasteiger partial charge in [-0.05, 0) is 37.4 Å². The Morgan fingerprint density at radius 2 is 2.00 bits per heavy atom. The average molecular weight is 263 g/mol. The van der Waals surface area contributed by atoms with Gasteiger partial charge in [0.2, 0.25) is 0 Å². The van der Waals surface area contributed by atoms with E-state index in [-0.39, 0.29) is 0 Å². The smallest absolute Gasteiger partial charge is 0.0574 e. The third kappa shape index (κ3) is 5.19. The van der Waals surface area contributed by atoms with E-state index in [0.29, 0.717) is 12.0 Å². The molecule has 0 saturated heterocycles. The zero-order valence-corrected chi connectivity index (χ0v) is 13.1. The lowest BCUT2D eigenvalue weighted by Crippen LogP contribution is -2.24. The van der Waals surface area contributed by atoms with Crippen LogP contribution >= 0.6 is 0 Å². The summed E-state index contributed by atoms with van der Waals surface area (Å²) in [5.74, 6) is 0.666. The molecule has 1 atom stereocenters. The van der Waals surface area contributed by atoms with Gasteiger partial charge in [-0.25, -0.2) is 0 Å². The van der Waals surface area contributed by atoms with Crippen LogP contribution in [-0.2, 0) is 0 Å². The molecular formula is C16H29N3. The first-order valence-corrected chi connectivity index (χ1v) is 7.48. The average Bonchev–Trinajstić information content (AvgIpc) is 2.39. The fourth-order valence-electron chi connectivity index (χ4n) is 2.26. The van der Waals surface area contributed by atoms with Crippen LogP contribution in [0, 0.1) is 5.92 Å². The van der Waals surface area contributed by atoms with E-state index in [0.717, 1.165) is 31.6 Å². The number of nitrogens with one attached hydrogen (secondary N) is 1. The van der Waals surface area contributed by atoms with E-state index < -0.39 is 0 Å². The predicted molar refractivity (Wildman–Crippen MR) is 83.7 cm³/mol. The van der Waals surface area contributed by atoms with Crippen molar-refractivity contribution >= 4 is 5.69 Å². The minimum atomic E-state index is 0.379. The lowest BCUT2D eigenvalue weighted by Gasteiger charge is -2.22. The van der Waals surface area contributed by atoms with Crippen LogP contribution in [0.5, 0.6) is 0 Å².